The standard InChI is InChI=1S/C14H8ClF2NO3/c15-7-4-5-8(14(20)21)11(6-7)18-13(19)12-9(16)2-1-3-10(12)17/h1-6H,(H,18,19)(H,20,21). The quantitative estimate of drug-likeness (QED) is 0.910. The van der Waals surface area contributed by atoms with Crippen molar-refractivity contribution in [1.29, 1.82) is 0 Å². The van der Waals surface area contributed by atoms with Crippen LogP contribution in [0.4, 0.5) is 14.5 Å². The maximum absolute atomic E-state index is 13.5. The number of halogens is 3. The molecule has 1 amide bonds. The van der Waals surface area contributed by atoms with E-state index in [9.17, 15) is 18.4 Å². The molecule has 0 heterocycles. The topological polar surface area (TPSA) is 66.4 Å². The lowest BCUT2D eigenvalue weighted by atomic mass is 10.1. The molecule has 0 aliphatic rings. The molecule has 108 valence electrons. The van der Waals surface area contributed by atoms with Gasteiger partial charge in [-0.1, -0.05) is 17.7 Å². The van der Waals surface area contributed by atoms with E-state index in [1.807, 2.05) is 0 Å². The van der Waals surface area contributed by atoms with Crippen molar-refractivity contribution in [2.75, 3.05) is 5.32 Å². The van der Waals surface area contributed by atoms with Gasteiger partial charge in [0.25, 0.3) is 5.91 Å². The monoisotopic (exact) mass is 311 g/mol. The van der Waals surface area contributed by atoms with Gasteiger partial charge in [0.15, 0.2) is 0 Å². The highest BCUT2D eigenvalue weighted by atomic mass is 35.5. The Hall–Kier alpha value is -2.47. The summed E-state index contributed by atoms with van der Waals surface area (Å²) in [6.07, 6.45) is 0. The Labute approximate surface area is 123 Å². The van der Waals surface area contributed by atoms with Crippen LogP contribution in [-0.2, 0) is 0 Å². The molecule has 0 aliphatic carbocycles. The van der Waals surface area contributed by atoms with E-state index in [-0.39, 0.29) is 16.3 Å². The summed E-state index contributed by atoms with van der Waals surface area (Å²) in [5.41, 5.74) is -1.19. The van der Waals surface area contributed by atoms with E-state index in [1.54, 1.807) is 0 Å². The Morgan fingerprint density at radius 1 is 1.10 bits per heavy atom. The maximum atomic E-state index is 13.5. The number of carboxylic acid groups (broad SMARTS) is 1. The number of nitrogens with one attached hydrogen (secondary N) is 1. The third-order valence-electron chi connectivity index (χ3n) is 2.65. The molecule has 2 aromatic carbocycles. The number of rotatable bonds is 3. The predicted molar refractivity (Wildman–Crippen MR) is 72.7 cm³/mol. The van der Waals surface area contributed by atoms with Crippen LogP contribution in [0.1, 0.15) is 20.7 Å². The van der Waals surface area contributed by atoms with Gasteiger partial charge in [-0.25, -0.2) is 13.6 Å². The van der Waals surface area contributed by atoms with E-state index < -0.39 is 29.1 Å². The fourth-order valence-corrected chi connectivity index (χ4v) is 1.88. The fourth-order valence-electron chi connectivity index (χ4n) is 1.71. The van der Waals surface area contributed by atoms with Crippen molar-refractivity contribution in [1.82, 2.24) is 0 Å². The third kappa shape index (κ3) is 3.17. The lowest BCUT2D eigenvalue weighted by Gasteiger charge is -2.10. The number of amides is 1. The average molecular weight is 312 g/mol. The number of aromatic carboxylic acids is 1. The second-order valence-corrected chi connectivity index (χ2v) is 4.48. The van der Waals surface area contributed by atoms with Gasteiger partial charge < -0.3 is 10.4 Å². The first-order chi connectivity index (χ1) is 9.90. The van der Waals surface area contributed by atoms with Gasteiger partial charge in [-0.2, -0.15) is 0 Å². The van der Waals surface area contributed by atoms with Crippen molar-refractivity contribution < 1.29 is 23.5 Å². The minimum absolute atomic E-state index is 0.150. The molecule has 0 unspecified atom stereocenters. The molecule has 0 fully saturated rings. The first-order valence-corrected chi connectivity index (χ1v) is 6.06. The molecule has 2 N–H and O–H groups in total. The summed E-state index contributed by atoms with van der Waals surface area (Å²) in [6, 6.07) is 6.65. The molecule has 0 aromatic heterocycles. The zero-order chi connectivity index (χ0) is 15.6. The van der Waals surface area contributed by atoms with Crippen LogP contribution >= 0.6 is 11.6 Å². The van der Waals surface area contributed by atoms with E-state index in [1.165, 1.54) is 18.2 Å². The lowest BCUT2D eigenvalue weighted by Crippen LogP contribution is -2.17. The van der Waals surface area contributed by atoms with Gasteiger partial charge in [0, 0.05) is 5.02 Å². The van der Waals surface area contributed by atoms with Crippen molar-refractivity contribution in [2.45, 2.75) is 0 Å². The van der Waals surface area contributed by atoms with Crippen LogP contribution in [0.2, 0.25) is 5.02 Å². The Kier molecular flexibility index (Phi) is 4.18. The summed E-state index contributed by atoms with van der Waals surface area (Å²) in [6.45, 7) is 0. The number of carboxylic acids is 1. The molecule has 2 aromatic rings. The molecule has 7 heteroatoms. The van der Waals surface area contributed by atoms with Crippen LogP contribution < -0.4 is 5.32 Å². The molecule has 0 atom stereocenters. The molecule has 0 radical (unpaired) electrons. The van der Waals surface area contributed by atoms with E-state index in [2.05, 4.69) is 5.32 Å². The number of benzene rings is 2. The Morgan fingerprint density at radius 3 is 2.29 bits per heavy atom. The van der Waals surface area contributed by atoms with Crippen molar-refractivity contribution >= 4 is 29.2 Å². The van der Waals surface area contributed by atoms with Gasteiger partial charge in [-0.15, -0.1) is 0 Å². The van der Waals surface area contributed by atoms with E-state index in [4.69, 9.17) is 16.7 Å². The number of hydrogen-bond acceptors (Lipinski definition) is 2. The van der Waals surface area contributed by atoms with Crippen LogP contribution in [0.5, 0.6) is 0 Å². The van der Waals surface area contributed by atoms with Crippen molar-refractivity contribution in [2.24, 2.45) is 0 Å². The van der Waals surface area contributed by atoms with Crippen molar-refractivity contribution in [3.8, 4) is 0 Å². The van der Waals surface area contributed by atoms with Crippen LogP contribution in [0.15, 0.2) is 36.4 Å². The molecule has 0 aliphatic heterocycles. The average Bonchev–Trinajstić information content (AvgIpc) is 2.38. The van der Waals surface area contributed by atoms with Crippen LogP contribution in [0, 0.1) is 11.6 Å². The molecular weight excluding hydrogens is 304 g/mol. The molecular formula is C14H8ClF2NO3. The summed E-state index contributed by atoms with van der Waals surface area (Å²) in [7, 11) is 0. The van der Waals surface area contributed by atoms with Gasteiger partial charge in [-0.05, 0) is 30.3 Å². The maximum Gasteiger partial charge on any atom is 0.337 e. The lowest BCUT2D eigenvalue weighted by molar-refractivity contribution is 0.0698. The van der Waals surface area contributed by atoms with Crippen LogP contribution in [0.25, 0.3) is 0 Å². The van der Waals surface area contributed by atoms with Gasteiger partial charge in [0.1, 0.15) is 17.2 Å². The van der Waals surface area contributed by atoms with Gasteiger partial charge >= 0.3 is 5.97 Å². The zero-order valence-corrected chi connectivity index (χ0v) is 11.1. The van der Waals surface area contributed by atoms with E-state index >= 15 is 0 Å². The number of hydrogen-bond donors (Lipinski definition) is 2. The Morgan fingerprint density at radius 2 is 1.71 bits per heavy atom. The first kappa shape index (κ1) is 14.9. The molecule has 21 heavy (non-hydrogen) atoms. The van der Waals surface area contributed by atoms with E-state index in [0.717, 1.165) is 18.2 Å². The summed E-state index contributed by atoms with van der Waals surface area (Å²) < 4.78 is 27.0. The zero-order valence-electron chi connectivity index (χ0n) is 10.4. The summed E-state index contributed by atoms with van der Waals surface area (Å²) in [5, 5.41) is 11.3. The van der Waals surface area contributed by atoms with Crippen molar-refractivity contribution in [3.05, 3.63) is 64.2 Å². The summed E-state index contributed by atoms with van der Waals surface area (Å²) in [4.78, 5) is 23.0. The predicted octanol–water partition coefficient (Wildman–Crippen LogP) is 3.57. The highest BCUT2D eigenvalue weighted by molar-refractivity contribution is 6.31. The van der Waals surface area contributed by atoms with E-state index in [0.29, 0.717) is 0 Å². The smallest absolute Gasteiger partial charge is 0.337 e. The van der Waals surface area contributed by atoms with Gasteiger partial charge in [0.2, 0.25) is 0 Å². The number of carbonyl (C=O) groups excluding carboxylic acids is 1. The summed E-state index contributed by atoms with van der Waals surface area (Å²) >= 11 is 5.72. The first-order valence-electron chi connectivity index (χ1n) is 5.68. The van der Waals surface area contributed by atoms with Gasteiger partial charge in [0.05, 0.1) is 11.3 Å². The highest BCUT2D eigenvalue weighted by Gasteiger charge is 2.19. The largest absolute Gasteiger partial charge is 0.478 e. The molecule has 0 bridgehead atoms. The van der Waals surface area contributed by atoms with Crippen molar-refractivity contribution in [3.63, 3.8) is 0 Å². The van der Waals surface area contributed by atoms with Crippen LogP contribution in [-0.4, -0.2) is 17.0 Å². The molecule has 0 saturated carbocycles. The second kappa shape index (κ2) is 5.88. The summed E-state index contributed by atoms with van der Waals surface area (Å²) in [5.74, 6) is -4.51. The van der Waals surface area contributed by atoms with Crippen LogP contribution in [0.3, 0.4) is 0 Å². The Balaban J connectivity index is 2.40. The number of anilines is 1. The molecule has 0 spiro atoms. The minimum atomic E-state index is -1.31. The normalized spacial score (nSPS) is 10.2. The molecule has 2 rings (SSSR count). The Bertz CT molecular complexity index is 714. The highest BCUT2D eigenvalue weighted by Crippen LogP contribution is 2.23. The minimum Gasteiger partial charge on any atom is -0.478 e. The SMILES string of the molecule is O=C(O)c1ccc(Cl)cc1NC(=O)c1c(F)cccc1F. The fraction of sp³-hybridized carbons (Fsp3) is 0. The third-order valence-corrected chi connectivity index (χ3v) is 2.89. The number of carbonyl (C=O) groups is 2. The molecule has 0 saturated heterocycles. The second-order valence-electron chi connectivity index (χ2n) is 4.05. The molecule has 4 nitrogen and oxygen atoms in total. The van der Waals surface area contributed by atoms with Gasteiger partial charge in [-0.3, -0.25) is 4.79 Å².